The molecule has 1 fully saturated rings. The molecular weight excluding hydrogens is 296 g/mol. The number of hydrogen-bond acceptors (Lipinski definition) is 5. The van der Waals surface area contributed by atoms with Crippen molar-refractivity contribution in [2.75, 3.05) is 41.0 Å². The summed E-state index contributed by atoms with van der Waals surface area (Å²) in [5, 5.41) is 3.29. The summed E-state index contributed by atoms with van der Waals surface area (Å²) in [5.74, 6) is 1.99. The van der Waals surface area contributed by atoms with Crippen LogP contribution in [0.4, 0.5) is 0 Å². The average molecular weight is 322 g/mol. The largest absolute Gasteiger partial charge is 0.493 e. The lowest BCUT2D eigenvalue weighted by atomic mass is 10.1. The van der Waals surface area contributed by atoms with Crippen LogP contribution >= 0.6 is 0 Å². The number of benzene rings is 1. The highest BCUT2D eigenvalue weighted by Crippen LogP contribution is 2.40. The number of piperazine rings is 1. The van der Waals surface area contributed by atoms with Crippen molar-refractivity contribution >= 4 is 5.91 Å². The van der Waals surface area contributed by atoms with Crippen molar-refractivity contribution in [1.82, 2.24) is 10.2 Å². The summed E-state index contributed by atoms with van der Waals surface area (Å²) in [6.07, 6.45) is 1.06. The van der Waals surface area contributed by atoms with E-state index in [1.165, 1.54) is 0 Å². The summed E-state index contributed by atoms with van der Waals surface area (Å²) in [5.41, 5.74) is 0.946. The number of carbonyl (C=O) groups is 1. The summed E-state index contributed by atoms with van der Waals surface area (Å²) in [6.45, 7) is 4.55. The number of aryl methyl sites for hydroxylation is 1. The lowest BCUT2D eigenvalue weighted by molar-refractivity contribution is -0.133. The molecule has 1 aromatic carbocycles. The van der Waals surface area contributed by atoms with Crippen molar-refractivity contribution in [3.05, 3.63) is 17.7 Å². The Kier molecular flexibility index (Phi) is 6.10. The Bertz CT molecular complexity index is 548. The van der Waals surface area contributed by atoms with E-state index in [9.17, 15) is 4.79 Å². The van der Waals surface area contributed by atoms with Gasteiger partial charge in [-0.25, -0.2) is 0 Å². The Morgan fingerprint density at radius 3 is 2.57 bits per heavy atom. The highest BCUT2D eigenvalue weighted by Gasteiger charge is 2.23. The van der Waals surface area contributed by atoms with Crippen molar-refractivity contribution in [1.29, 1.82) is 0 Å². The average Bonchev–Trinajstić information content (AvgIpc) is 2.58. The normalized spacial score (nSPS) is 17.7. The number of amides is 1. The first-order valence-corrected chi connectivity index (χ1v) is 7.90. The molecular formula is C17H26N2O4. The molecule has 1 heterocycles. The number of hydrogen-bond donors (Lipinski definition) is 1. The van der Waals surface area contributed by atoms with E-state index in [2.05, 4.69) is 12.2 Å². The van der Waals surface area contributed by atoms with Gasteiger partial charge in [-0.15, -0.1) is 0 Å². The molecule has 0 spiro atoms. The second-order valence-electron chi connectivity index (χ2n) is 5.63. The maximum Gasteiger partial charge on any atom is 0.223 e. The fraction of sp³-hybridized carbons (Fsp3) is 0.588. The Labute approximate surface area is 137 Å². The molecule has 1 aromatic rings. The monoisotopic (exact) mass is 322 g/mol. The lowest BCUT2D eigenvalue weighted by Crippen LogP contribution is -2.52. The zero-order valence-corrected chi connectivity index (χ0v) is 14.3. The highest BCUT2D eigenvalue weighted by molar-refractivity contribution is 5.77. The number of rotatable bonds is 6. The standard InChI is InChI=1S/C17H26N2O4/c1-12-11-18-9-10-19(12)15(20)8-6-13-5-7-14(21-2)17(23-4)16(13)22-3/h5,7,12,18H,6,8-11H2,1-4H3/t12-/m0/s1. The Hall–Kier alpha value is -1.95. The van der Waals surface area contributed by atoms with Crippen LogP contribution in [0.25, 0.3) is 0 Å². The fourth-order valence-electron chi connectivity index (χ4n) is 2.96. The van der Waals surface area contributed by atoms with E-state index in [1.54, 1.807) is 21.3 Å². The maximum absolute atomic E-state index is 12.5. The van der Waals surface area contributed by atoms with Gasteiger partial charge in [0.1, 0.15) is 0 Å². The van der Waals surface area contributed by atoms with Gasteiger partial charge in [0.2, 0.25) is 11.7 Å². The van der Waals surface area contributed by atoms with Crippen molar-refractivity contribution < 1.29 is 19.0 Å². The van der Waals surface area contributed by atoms with Gasteiger partial charge >= 0.3 is 0 Å². The maximum atomic E-state index is 12.5. The molecule has 128 valence electrons. The molecule has 0 saturated carbocycles. The Morgan fingerprint density at radius 2 is 1.96 bits per heavy atom. The van der Waals surface area contributed by atoms with Crippen LogP contribution in [-0.4, -0.2) is 57.8 Å². The molecule has 1 saturated heterocycles. The van der Waals surface area contributed by atoms with E-state index >= 15 is 0 Å². The van der Waals surface area contributed by atoms with Crippen molar-refractivity contribution in [3.8, 4) is 17.2 Å². The second-order valence-corrected chi connectivity index (χ2v) is 5.63. The van der Waals surface area contributed by atoms with E-state index in [-0.39, 0.29) is 11.9 Å². The molecule has 23 heavy (non-hydrogen) atoms. The third-order valence-corrected chi connectivity index (χ3v) is 4.22. The third kappa shape index (κ3) is 3.88. The number of carbonyl (C=O) groups excluding carboxylic acids is 1. The molecule has 1 aliphatic heterocycles. The summed E-state index contributed by atoms with van der Waals surface area (Å²) >= 11 is 0. The van der Waals surface area contributed by atoms with Crippen LogP contribution in [0.1, 0.15) is 18.9 Å². The van der Waals surface area contributed by atoms with Gasteiger partial charge in [-0.1, -0.05) is 6.07 Å². The van der Waals surface area contributed by atoms with Gasteiger partial charge in [0, 0.05) is 32.1 Å². The van der Waals surface area contributed by atoms with Crippen LogP contribution in [0, 0.1) is 0 Å². The lowest BCUT2D eigenvalue weighted by Gasteiger charge is -2.34. The third-order valence-electron chi connectivity index (χ3n) is 4.22. The zero-order chi connectivity index (χ0) is 16.8. The molecule has 6 heteroatoms. The fourth-order valence-corrected chi connectivity index (χ4v) is 2.96. The SMILES string of the molecule is COc1ccc(CCC(=O)N2CCNC[C@@H]2C)c(OC)c1OC. The second kappa shape index (κ2) is 8.06. The Balaban J connectivity index is 2.09. The smallest absolute Gasteiger partial charge is 0.223 e. The zero-order valence-electron chi connectivity index (χ0n) is 14.3. The van der Waals surface area contributed by atoms with Gasteiger partial charge in [0.15, 0.2) is 11.5 Å². The molecule has 1 aliphatic rings. The first kappa shape index (κ1) is 17.4. The molecule has 0 radical (unpaired) electrons. The van der Waals surface area contributed by atoms with E-state index in [4.69, 9.17) is 14.2 Å². The molecule has 0 aliphatic carbocycles. The van der Waals surface area contributed by atoms with Crippen LogP contribution in [0.3, 0.4) is 0 Å². The molecule has 0 aromatic heterocycles. The molecule has 2 rings (SSSR count). The first-order chi connectivity index (χ1) is 11.1. The minimum absolute atomic E-state index is 0.177. The summed E-state index contributed by atoms with van der Waals surface area (Å²) in [4.78, 5) is 14.4. The van der Waals surface area contributed by atoms with Crippen molar-refractivity contribution in [2.45, 2.75) is 25.8 Å². The number of methoxy groups -OCH3 is 3. The highest BCUT2D eigenvalue weighted by atomic mass is 16.5. The summed E-state index contributed by atoms with van der Waals surface area (Å²) in [7, 11) is 4.77. The first-order valence-electron chi connectivity index (χ1n) is 7.90. The van der Waals surface area contributed by atoms with Crippen LogP contribution in [-0.2, 0) is 11.2 Å². The number of nitrogens with zero attached hydrogens (tertiary/aromatic N) is 1. The quantitative estimate of drug-likeness (QED) is 0.859. The summed E-state index contributed by atoms with van der Waals surface area (Å²) < 4.78 is 16.1. The van der Waals surface area contributed by atoms with E-state index in [0.717, 1.165) is 25.2 Å². The molecule has 6 nitrogen and oxygen atoms in total. The number of nitrogens with one attached hydrogen (secondary N) is 1. The van der Waals surface area contributed by atoms with Crippen LogP contribution < -0.4 is 19.5 Å². The van der Waals surface area contributed by atoms with Gasteiger partial charge < -0.3 is 24.4 Å². The molecule has 1 atom stereocenters. The minimum atomic E-state index is 0.177. The van der Waals surface area contributed by atoms with Gasteiger partial charge in [-0.2, -0.15) is 0 Å². The van der Waals surface area contributed by atoms with Crippen LogP contribution in [0.5, 0.6) is 17.2 Å². The molecule has 1 N–H and O–H groups in total. The molecule has 1 amide bonds. The van der Waals surface area contributed by atoms with Gasteiger partial charge in [-0.05, 0) is 25.0 Å². The van der Waals surface area contributed by atoms with Crippen LogP contribution in [0.2, 0.25) is 0 Å². The minimum Gasteiger partial charge on any atom is -0.493 e. The Morgan fingerprint density at radius 1 is 1.22 bits per heavy atom. The van der Waals surface area contributed by atoms with Crippen molar-refractivity contribution in [3.63, 3.8) is 0 Å². The van der Waals surface area contributed by atoms with Crippen LogP contribution in [0.15, 0.2) is 12.1 Å². The topological polar surface area (TPSA) is 60.0 Å². The van der Waals surface area contributed by atoms with E-state index < -0.39 is 0 Å². The predicted molar refractivity (Wildman–Crippen MR) is 88.5 cm³/mol. The van der Waals surface area contributed by atoms with Crippen molar-refractivity contribution in [2.24, 2.45) is 0 Å². The predicted octanol–water partition coefficient (Wildman–Crippen LogP) is 1.47. The van der Waals surface area contributed by atoms with Gasteiger partial charge in [0.25, 0.3) is 0 Å². The molecule has 0 unspecified atom stereocenters. The summed E-state index contributed by atoms with van der Waals surface area (Å²) in [6, 6.07) is 4.01. The number of ether oxygens (including phenoxy) is 3. The van der Waals surface area contributed by atoms with E-state index in [0.29, 0.717) is 30.1 Å². The van der Waals surface area contributed by atoms with E-state index in [1.807, 2.05) is 17.0 Å². The van der Waals surface area contributed by atoms with Gasteiger partial charge in [0.05, 0.1) is 21.3 Å². The van der Waals surface area contributed by atoms with Gasteiger partial charge in [-0.3, -0.25) is 4.79 Å². The molecule has 0 bridgehead atoms.